The van der Waals surface area contributed by atoms with E-state index in [0.29, 0.717) is 22.9 Å². The molecule has 0 unspecified atom stereocenters. The standard InChI is InChI=1S/C18H16BrClF3N5O/c1-11-16(19)17(18(21,22)23)26-28(11)7-6-15(29)25-13-8-24-27(10-13)9-12-4-2-3-5-14(12)20/h2-5,8,10H,6-7,9H2,1H3,(H,25,29). The molecule has 3 rings (SSSR count). The molecule has 0 bridgehead atoms. The van der Waals surface area contributed by atoms with Crippen LogP contribution in [-0.4, -0.2) is 25.5 Å². The second kappa shape index (κ2) is 8.58. The van der Waals surface area contributed by atoms with Gasteiger partial charge in [0.1, 0.15) is 0 Å². The number of anilines is 1. The van der Waals surface area contributed by atoms with Gasteiger partial charge in [0.25, 0.3) is 0 Å². The molecule has 2 aromatic heterocycles. The van der Waals surface area contributed by atoms with Crippen LogP contribution in [0.1, 0.15) is 23.4 Å². The third kappa shape index (κ3) is 5.18. The van der Waals surface area contributed by atoms with Gasteiger partial charge in [-0.2, -0.15) is 23.4 Å². The van der Waals surface area contributed by atoms with Crippen molar-refractivity contribution in [1.82, 2.24) is 19.6 Å². The number of alkyl halides is 3. The molecule has 0 saturated carbocycles. The van der Waals surface area contributed by atoms with E-state index in [1.807, 2.05) is 18.2 Å². The molecule has 0 aliphatic carbocycles. The number of amides is 1. The molecule has 1 aromatic carbocycles. The van der Waals surface area contributed by atoms with Crippen LogP contribution in [0.2, 0.25) is 5.02 Å². The number of nitrogens with one attached hydrogen (secondary N) is 1. The molecule has 0 saturated heterocycles. The van der Waals surface area contributed by atoms with Gasteiger partial charge < -0.3 is 5.32 Å². The minimum absolute atomic E-state index is 0.0140. The summed E-state index contributed by atoms with van der Waals surface area (Å²) >= 11 is 9.03. The van der Waals surface area contributed by atoms with E-state index in [1.165, 1.54) is 13.1 Å². The van der Waals surface area contributed by atoms with Crippen LogP contribution in [0.15, 0.2) is 41.1 Å². The Bertz CT molecular complexity index is 1030. The predicted octanol–water partition coefficient (Wildman–Crippen LogP) is 4.90. The maximum absolute atomic E-state index is 12.9. The van der Waals surface area contributed by atoms with Gasteiger partial charge in [-0.25, -0.2) is 0 Å². The SMILES string of the molecule is Cc1c(Br)c(C(F)(F)F)nn1CCC(=O)Nc1cnn(Cc2ccccc2Cl)c1. The van der Waals surface area contributed by atoms with Gasteiger partial charge in [-0.3, -0.25) is 14.2 Å². The van der Waals surface area contributed by atoms with Gasteiger partial charge in [-0.05, 0) is 34.5 Å². The van der Waals surface area contributed by atoms with Crippen LogP contribution in [0.25, 0.3) is 0 Å². The van der Waals surface area contributed by atoms with Crippen LogP contribution in [0.3, 0.4) is 0 Å². The highest BCUT2D eigenvalue weighted by Crippen LogP contribution is 2.35. The number of hydrogen-bond acceptors (Lipinski definition) is 3. The molecular formula is C18H16BrClF3N5O. The number of aryl methyl sites for hydroxylation is 1. The Morgan fingerprint density at radius 3 is 2.69 bits per heavy atom. The molecular weight excluding hydrogens is 475 g/mol. The van der Waals surface area contributed by atoms with Gasteiger partial charge in [-0.15, -0.1) is 0 Å². The molecule has 2 heterocycles. The third-order valence-electron chi connectivity index (χ3n) is 4.16. The molecule has 0 aliphatic heterocycles. The van der Waals surface area contributed by atoms with E-state index < -0.39 is 11.9 Å². The monoisotopic (exact) mass is 489 g/mol. The summed E-state index contributed by atoms with van der Waals surface area (Å²) in [6.07, 6.45) is -1.46. The van der Waals surface area contributed by atoms with E-state index in [0.717, 1.165) is 10.2 Å². The fourth-order valence-corrected chi connectivity index (χ4v) is 3.37. The zero-order valence-electron chi connectivity index (χ0n) is 15.2. The van der Waals surface area contributed by atoms with Crippen molar-refractivity contribution >= 4 is 39.1 Å². The maximum Gasteiger partial charge on any atom is 0.436 e. The number of rotatable bonds is 6. The normalized spacial score (nSPS) is 11.7. The second-order valence-electron chi connectivity index (χ2n) is 6.29. The molecule has 11 heteroatoms. The van der Waals surface area contributed by atoms with Crippen molar-refractivity contribution < 1.29 is 18.0 Å². The molecule has 3 aromatic rings. The summed E-state index contributed by atoms with van der Waals surface area (Å²) in [4.78, 5) is 12.2. The number of carbonyl (C=O) groups is 1. The molecule has 0 radical (unpaired) electrons. The Hall–Kier alpha value is -2.33. The lowest BCUT2D eigenvalue weighted by atomic mass is 10.2. The average molecular weight is 491 g/mol. The van der Waals surface area contributed by atoms with Gasteiger partial charge >= 0.3 is 6.18 Å². The van der Waals surface area contributed by atoms with Crippen molar-refractivity contribution in [2.75, 3.05) is 5.32 Å². The summed E-state index contributed by atoms with van der Waals surface area (Å²) in [5.41, 5.74) is 0.667. The van der Waals surface area contributed by atoms with Crippen molar-refractivity contribution in [2.45, 2.75) is 32.6 Å². The first kappa shape index (κ1) is 21.4. The van der Waals surface area contributed by atoms with Gasteiger partial charge in [0, 0.05) is 17.6 Å². The fourth-order valence-electron chi connectivity index (χ4n) is 2.67. The number of aromatic nitrogens is 4. The van der Waals surface area contributed by atoms with E-state index >= 15 is 0 Å². The molecule has 6 nitrogen and oxygen atoms in total. The van der Waals surface area contributed by atoms with E-state index in [4.69, 9.17) is 11.6 Å². The molecule has 154 valence electrons. The summed E-state index contributed by atoms with van der Waals surface area (Å²) in [6.45, 7) is 1.96. The molecule has 0 atom stereocenters. The fraction of sp³-hybridized carbons (Fsp3) is 0.278. The van der Waals surface area contributed by atoms with Crippen molar-refractivity contribution in [1.29, 1.82) is 0 Å². The topological polar surface area (TPSA) is 64.7 Å². The summed E-state index contributed by atoms with van der Waals surface area (Å²) < 4.78 is 41.4. The molecule has 1 amide bonds. The lowest BCUT2D eigenvalue weighted by Crippen LogP contribution is -2.16. The Morgan fingerprint density at radius 1 is 1.31 bits per heavy atom. The van der Waals surface area contributed by atoms with E-state index in [9.17, 15) is 18.0 Å². The summed E-state index contributed by atoms with van der Waals surface area (Å²) in [7, 11) is 0. The van der Waals surface area contributed by atoms with Crippen molar-refractivity contribution in [3.05, 3.63) is 63.1 Å². The van der Waals surface area contributed by atoms with Crippen LogP contribution in [-0.2, 0) is 24.1 Å². The average Bonchev–Trinajstić information content (AvgIpc) is 3.20. The highest BCUT2D eigenvalue weighted by molar-refractivity contribution is 9.10. The van der Waals surface area contributed by atoms with Crippen molar-refractivity contribution in [3.8, 4) is 0 Å². The summed E-state index contributed by atoms with van der Waals surface area (Å²) in [5, 5.41) is 11.0. The Balaban J connectivity index is 1.58. The van der Waals surface area contributed by atoms with Crippen LogP contribution >= 0.6 is 27.5 Å². The summed E-state index contributed by atoms with van der Waals surface area (Å²) in [5.74, 6) is -0.359. The second-order valence-corrected chi connectivity index (χ2v) is 7.49. The first-order valence-electron chi connectivity index (χ1n) is 8.51. The number of halogens is 5. The van der Waals surface area contributed by atoms with E-state index in [1.54, 1.807) is 16.9 Å². The quantitative estimate of drug-likeness (QED) is 0.535. The van der Waals surface area contributed by atoms with E-state index in [2.05, 4.69) is 31.4 Å². The van der Waals surface area contributed by atoms with Gasteiger partial charge in [-0.1, -0.05) is 29.8 Å². The zero-order chi connectivity index (χ0) is 21.2. The zero-order valence-corrected chi connectivity index (χ0v) is 17.5. The Morgan fingerprint density at radius 2 is 2.03 bits per heavy atom. The lowest BCUT2D eigenvalue weighted by Gasteiger charge is -2.06. The molecule has 0 aliphatic rings. The summed E-state index contributed by atoms with van der Waals surface area (Å²) in [6, 6.07) is 7.36. The number of benzene rings is 1. The smallest absolute Gasteiger partial charge is 0.323 e. The number of nitrogens with zero attached hydrogens (tertiary/aromatic N) is 4. The van der Waals surface area contributed by atoms with Crippen LogP contribution in [0.5, 0.6) is 0 Å². The van der Waals surface area contributed by atoms with Crippen LogP contribution in [0.4, 0.5) is 18.9 Å². The number of carbonyl (C=O) groups excluding carboxylic acids is 1. The minimum Gasteiger partial charge on any atom is -0.323 e. The largest absolute Gasteiger partial charge is 0.436 e. The predicted molar refractivity (Wildman–Crippen MR) is 106 cm³/mol. The first-order valence-corrected chi connectivity index (χ1v) is 9.68. The van der Waals surface area contributed by atoms with Crippen LogP contribution in [0, 0.1) is 6.92 Å². The lowest BCUT2D eigenvalue weighted by molar-refractivity contribution is -0.142. The highest BCUT2D eigenvalue weighted by Gasteiger charge is 2.37. The minimum atomic E-state index is -4.56. The number of hydrogen-bond donors (Lipinski definition) is 1. The third-order valence-corrected chi connectivity index (χ3v) is 5.48. The Kier molecular flexibility index (Phi) is 6.33. The van der Waals surface area contributed by atoms with Crippen molar-refractivity contribution in [3.63, 3.8) is 0 Å². The molecule has 29 heavy (non-hydrogen) atoms. The molecule has 0 fully saturated rings. The maximum atomic E-state index is 12.9. The van der Waals surface area contributed by atoms with E-state index in [-0.39, 0.29) is 23.3 Å². The van der Waals surface area contributed by atoms with Gasteiger partial charge in [0.15, 0.2) is 5.69 Å². The van der Waals surface area contributed by atoms with Crippen LogP contribution < -0.4 is 5.32 Å². The van der Waals surface area contributed by atoms with Gasteiger partial charge in [0.2, 0.25) is 5.91 Å². The molecule has 1 N–H and O–H groups in total. The molecule has 0 spiro atoms. The first-order chi connectivity index (χ1) is 13.6. The highest BCUT2D eigenvalue weighted by atomic mass is 79.9. The van der Waals surface area contributed by atoms with Crippen molar-refractivity contribution in [2.24, 2.45) is 0 Å². The van der Waals surface area contributed by atoms with Gasteiger partial charge in [0.05, 0.1) is 35.1 Å². The Labute approximate surface area is 177 Å².